The van der Waals surface area contributed by atoms with Crippen LogP contribution in [0.4, 0.5) is 11.4 Å². The Labute approximate surface area is 110 Å². The zero-order valence-corrected chi connectivity index (χ0v) is 10.3. The summed E-state index contributed by atoms with van der Waals surface area (Å²) in [7, 11) is 0. The summed E-state index contributed by atoms with van der Waals surface area (Å²) in [4.78, 5) is 15.7. The van der Waals surface area contributed by atoms with E-state index in [2.05, 4.69) is 10.3 Å². The number of rotatable bonds is 3. The number of nitrogens with two attached hydrogens (primary N) is 1. The van der Waals surface area contributed by atoms with Crippen molar-refractivity contribution in [3.05, 3.63) is 53.3 Å². The van der Waals surface area contributed by atoms with Crippen molar-refractivity contribution in [1.29, 1.82) is 0 Å². The molecule has 1 aromatic carbocycles. The van der Waals surface area contributed by atoms with Crippen LogP contribution in [0.15, 0.2) is 42.6 Å². The lowest BCUT2D eigenvalue weighted by Gasteiger charge is -2.06. The van der Waals surface area contributed by atoms with Crippen molar-refractivity contribution in [2.24, 2.45) is 0 Å². The van der Waals surface area contributed by atoms with Gasteiger partial charge < -0.3 is 11.1 Å². The first-order valence-electron chi connectivity index (χ1n) is 5.40. The molecule has 18 heavy (non-hydrogen) atoms. The van der Waals surface area contributed by atoms with Gasteiger partial charge in [0, 0.05) is 11.9 Å². The van der Waals surface area contributed by atoms with Crippen LogP contribution in [0.25, 0.3) is 0 Å². The van der Waals surface area contributed by atoms with Gasteiger partial charge in [-0.05, 0) is 29.8 Å². The average Bonchev–Trinajstić information content (AvgIpc) is 2.35. The fraction of sp³-hybridized carbons (Fsp3) is 0.0769. The highest BCUT2D eigenvalue weighted by molar-refractivity contribution is 6.32. The molecule has 3 N–H and O–H groups in total. The highest BCUT2D eigenvalue weighted by Gasteiger charge is 2.06. The Hall–Kier alpha value is -2.07. The van der Waals surface area contributed by atoms with Crippen LogP contribution in [0.5, 0.6) is 0 Å². The number of anilines is 2. The van der Waals surface area contributed by atoms with Gasteiger partial charge in [0.25, 0.3) is 0 Å². The summed E-state index contributed by atoms with van der Waals surface area (Å²) in [5.41, 5.74) is 7.65. The monoisotopic (exact) mass is 261 g/mol. The van der Waals surface area contributed by atoms with Crippen molar-refractivity contribution < 1.29 is 4.79 Å². The van der Waals surface area contributed by atoms with E-state index in [0.717, 1.165) is 5.56 Å². The van der Waals surface area contributed by atoms with E-state index < -0.39 is 0 Å². The Bertz CT molecular complexity index is 554. The van der Waals surface area contributed by atoms with Crippen molar-refractivity contribution >= 4 is 28.9 Å². The third-order valence-corrected chi connectivity index (χ3v) is 2.68. The molecular weight excluding hydrogens is 250 g/mol. The van der Waals surface area contributed by atoms with Gasteiger partial charge in [0.2, 0.25) is 5.91 Å². The summed E-state index contributed by atoms with van der Waals surface area (Å²) in [6.07, 6.45) is 1.84. The molecular formula is C13H12ClN3O. The molecule has 0 aliphatic rings. The van der Waals surface area contributed by atoms with Crippen LogP contribution in [-0.4, -0.2) is 10.9 Å². The number of aromatic nitrogens is 1. The molecule has 92 valence electrons. The molecule has 2 aromatic rings. The van der Waals surface area contributed by atoms with Gasteiger partial charge >= 0.3 is 0 Å². The van der Waals surface area contributed by atoms with Crippen LogP contribution < -0.4 is 11.1 Å². The molecule has 0 bridgehead atoms. The van der Waals surface area contributed by atoms with Crippen molar-refractivity contribution in [2.75, 3.05) is 11.1 Å². The Morgan fingerprint density at radius 1 is 1.28 bits per heavy atom. The van der Waals surface area contributed by atoms with Crippen LogP contribution in [0, 0.1) is 0 Å². The fourth-order valence-electron chi connectivity index (χ4n) is 1.49. The molecule has 0 fully saturated rings. The zero-order chi connectivity index (χ0) is 13.0. The minimum Gasteiger partial charge on any atom is -0.399 e. The molecule has 0 radical (unpaired) electrons. The average molecular weight is 262 g/mol. The molecule has 0 spiro atoms. The van der Waals surface area contributed by atoms with Gasteiger partial charge in [-0.15, -0.1) is 0 Å². The molecule has 0 aliphatic carbocycles. The van der Waals surface area contributed by atoms with Crippen molar-refractivity contribution in [3.63, 3.8) is 0 Å². The SMILES string of the molecule is Nc1ccc(CC(=O)Nc2cccnc2Cl)cc1. The molecule has 0 aliphatic heterocycles. The fourth-order valence-corrected chi connectivity index (χ4v) is 1.66. The standard InChI is InChI=1S/C13H12ClN3O/c14-13-11(2-1-7-16-13)17-12(18)8-9-3-5-10(15)6-4-9/h1-7H,8,15H2,(H,17,18). The predicted molar refractivity (Wildman–Crippen MR) is 72.4 cm³/mol. The lowest BCUT2D eigenvalue weighted by atomic mass is 10.1. The first-order chi connectivity index (χ1) is 8.65. The molecule has 1 amide bonds. The van der Waals surface area contributed by atoms with Crippen molar-refractivity contribution in [3.8, 4) is 0 Å². The van der Waals surface area contributed by atoms with Crippen LogP contribution in [-0.2, 0) is 11.2 Å². The summed E-state index contributed by atoms with van der Waals surface area (Å²) in [5, 5.41) is 2.99. The Morgan fingerprint density at radius 3 is 2.67 bits per heavy atom. The van der Waals surface area contributed by atoms with E-state index in [1.807, 2.05) is 12.1 Å². The van der Waals surface area contributed by atoms with Gasteiger partial charge in [-0.25, -0.2) is 4.98 Å². The number of hydrogen-bond acceptors (Lipinski definition) is 3. The molecule has 1 heterocycles. The number of nitrogens with zero attached hydrogens (tertiary/aromatic N) is 1. The van der Waals surface area contributed by atoms with E-state index in [9.17, 15) is 4.79 Å². The zero-order valence-electron chi connectivity index (χ0n) is 9.56. The maximum absolute atomic E-state index is 11.8. The highest BCUT2D eigenvalue weighted by Crippen LogP contribution is 2.17. The number of benzene rings is 1. The molecule has 4 nitrogen and oxygen atoms in total. The molecule has 2 rings (SSSR count). The summed E-state index contributed by atoms with van der Waals surface area (Å²) in [6, 6.07) is 10.6. The molecule has 0 unspecified atom stereocenters. The van der Waals surface area contributed by atoms with Crippen LogP contribution in [0.3, 0.4) is 0 Å². The van der Waals surface area contributed by atoms with Gasteiger partial charge in [0.05, 0.1) is 12.1 Å². The predicted octanol–water partition coefficient (Wildman–Crippen LogP) is 2.50. The normalized spacial score (nSPS) is 10.1. The highest BCUT2D eigenvalue weighted by atomic mass is 35.5. The third-order valence-electron chi connectivity index (χ3n) is 2.38. The molecule has 0 saturated heterocycles. The van der Waals surface area contributed by atoms with Crippen molar-refractivity contribution in [1.82, 2.24) is 4.98 Å². The topological polar surface area (TPSA) is 68.0 Å². The number of halogens is 1. The van der Waals surface area contributed by atoms with E-state index in [4.69, 9.17) is 17.3 Å². The lowest BCUT2D eigenvalue weighted by molar-refractivity contribution is -0.115. The molecule has 5 heteroatoms. The smallest absolute Gasteiger partial charge is 0.228 e. The summed E-state index contributed by atoms with van der Waals surface area (Å²) in [6.45, 7) is 0. The van der Waals surface area contributed by atoms with Crippen LogP contribution in [0.1, 0.15) is 5.56 Å². The molecule has 0 saturated carbocycles. The van der Waals surface area contributed by atoms with E-state index >= 15 is 0 Å². The molecule has 0 atom stereocenters. The third kappa shape index (κ3) is 3.21. The van der Waals surface area contributed by atoms with E-state index in [-0.39, 0.29) is 17.5 Å². The second-order valence-corrected chi connectivity index (χ2v) is 4.17. The second-order valence-electron chi connectivity index (χ2n) is 3.81. The van der Waals surface area contributed by atoms with Crippen LogP contribution in [0.2, 0.25) is 5.15 Å². The second kappa shape index (κ2) is 5.51. The van der Waals surface area contributed by atoms with Gasteiger partial charge in [0.15, 0.2) is 5.15 Å². The number of pyridine rings is 1. The maximum Gasteiger partial charge on any atom is 0.228 e. The Morgan fingerprint density at radius 2 is 2.00 bits per heavy atom. The number of carbonyl (C=O) groups is 1. The number of nitrogen functional groups attached to an aromatic ring is 1. The quantitative estimate of drug-likeness (QED) is 0.659. The Kier molecular flexibility index (Phi) is 3.79. The van der Waals surface area contributed by atoms with Gasteiger partial charge in [-0.3, -0.25) is 4.79 Å². The van der Waals surface area contributed by atoms with E-state index in [0.29, 0.717) is 11.4 Å². The number of hydrogen-bond donors (Lipinski definition) is 2. The van der Waals surface area contributed by atoms with E-state index in [1.165, 1.54) is 0 Å². The summed E-state index contributed by atoms with van der Waals surface area (Å²) < 4.78 is 0. The van der Waals surface area contributed by atoms with Gasteiger partial charge in [-0.2, -0.15) is 0 Å². The Balaban J connectivity index is 2.01. The maximum atomic E-state index is 11.8. The number of nitrogens with one attached hydrogen (secondary N) is 1. The lowest BCUT2D eigenvalue weighted by Crippen LogP contribution is -2.14. The van der Waals surface area contributed by atoms with Crippen LogP contribution >= 0.6 is 11.6 Å². The van der Waals surface area contributed by atoms with E-state index in [1.54, 1.807) is 30.5 Å². The largest absolute Gasteiger partial charge is 0.399 e. The minimum atomic E-state index is -0.144. The van der Waals surface area contributed by atoms with Gasteiger partial charge in [0.1, 0.15) is 0 Å². The summed E-state index contributed by atoms with van der Waals surface area (Å²) in [5.74, 6) is -0.144. The number of amides is 1. The molecule has 1 aromatic heterocycles. The van der Waals surface area contributed by atoms with Crippen molar-refractivity contribution in [2.45, 2.75) is 6.42 Å². The minimum absolute atomic E-state index is 0.144. The first kappa shape index (κ1) is 12.4. The van der Waals surface area contributed by atoms with Gasteiger partial charge in [-0.1, -0.05) is 23.7 Å². The summed E-state index contributed by atoms with van der Waals surface area (Å²) >= 11 is 5.85. The number of carbonyl (C=O) groups excluding carboxylic acids is 1. The first-order valence-corrected chi connectivity index (χ1v) is 5.78.